The molecule has 3 amide bonds. The van der Waals surface area contributed by atoms with Crippen molar-refractivity contribution in [2.75, 3.05) is 19.7 Å². The van der Waals surface area contributed by atoms with Gasteiger partial charge in [-0.3, -0.25) is 14.4 Å². The van der Waals surface area contributed by atoms with Gasteiger partial charge in [-0.15, -0.1) is 0 Å². The number of ether oxygens (including phenoxy) is 2. The largest absolute Gasteiger partial charge is 0.508 e. The fraction of sp³-hybridized carbons (Fsp3) is 0.515. The second kappa shape index (κ2) is 17.8. The standard InChI is InChI=1S/C33H47N3O7/c1-6-8-9-13-21-36(29(25-17-14-18-26(37)23-25)30(39)34-20-19-28(38)42-7-2)31(40)27(22-24-15-11-10-12-16-24)35-32(41)43-33(3,4)5/h10-12,14-18,23,27,29,37H,6-9,13,19-22H2,1-5H3,(H,34,39)(H,35,41). The molecule has 3 N–H and O–H groups in total. The maximum absolute atomic E-state index is 14.4. The quantitative estimate of drug-likeness (QED) is 0.182. The molecule has 10 heteroatoms. The van der Waals surface area contributed by atoms with E-state index in [4.69, 9.17) is 9.47 Å². The van der Waals surface area contributed by atoms with Crippen molar-refractivity contribution in [2.24, 2.45) is 0 Å². The molecular weight excluding hydrogens is 550 g/mol. The van der Waals surface area contributed by atoms with Gasteiger partial charge in [0.2, 0.25) is 11.8 Å². The Morgan fingerprint density at radius 2 is 1.67 bits per heavy atom. The van der Waals surface area contributed by atoms with Gasteiger partial charge in [0.1, 0.15) is 23.4 Å². The average molecular weight is 598 g/mol. The van der Waals surface area contributed by atoms with Crippen LogP contribution in [0.3, 0.4) is 0 Å². The monoisotopic (exact) mass is 597 g/mol. The summed E-state index contributed by atoms with van der Waals surface area (Å²) in [6.45, 7) is 9.45. The first-order valence-electron chi connectivity index (χ1n) is 15.0. The van der Waals surface area contributed by atoms with Crippen LogP contribution in [0.4, 0.5) is 4.79 Å². The molecule has 0 fully saturated rings. The SMILES string of the molecule is CCCCCCN(C(=O)C(Cc1ccccc1)NC(=O)OC(C)(C)C)C(C(=O)NCCC(=O)OCC)c1cccc(O)c1. The van der Waals surface area contributed by atoms with Crippen LogP contribution in [-0.4, -0.2) is 65.2 Å². The molecular formula is C33H47N3O7. The molecule has 2 atom stereocenters. The normalized spacial score (nSPS) is 12.5. The lowest BCUT2D eigenvalue weighted by atomic mass is 9.99. The van der Waals surface area contributed by atoms with Crippen molar-refractivity contribution in [3.8, 4) is 5.75 Å². The zero-order chi connectivity index (χ0) is 31.8. The predicted molar refractivity (Wildman–Crippen MR) is 164 cm³/mol. The summed E-state index contributed by atoms with van der Waals surface area (Å²) >= 11 is 0. The second-order valence-electron chi connectivity index (χ2n) is 11.3. The number of hydrogen-bond acceptors (Lipinski definition) is 7. The number of hydrogen-bond donors (Lipinski definition) is 3. The highest BCUT2D eigenvalue weighted by Gasteiger charge is 2.36. The topological polar surface area (TPSA) is 134 Å². The molecule has 43 heavy (non-hydrogen) atoms. The summed E-state index contributed by atoms with van der Waals surface area (Å²) in [7, 11) is 0. The summed E-state index contributed by atoms with van der Waals surface area (Å²) in [5.41, 5.74) is 0.427. The third-order valence-corrected chi connectivity index (χ3v) is 6.49. The van der Waals surface area contributed by atoms with Crippen LogP contribution >= 0.6 is 0 Å². The number of unbranched alkanes of at least 4 members (excludes halogenated alkanes) is 3. The minimum atomic E-state index is -1.14. The molecule has 0 aliphatic carbocycles. The molecule has 236 valence electrons. The van der Waals surface area contributed by atoms with E-state index >= 15 is 0 Å². The van der Waals surface area contributed by atoms with Crippen LogP contribution in [0.1, 0.15) is 83.9 Å². The van der Waals surface area contributed by atoms with Crippen LogP contribution < -0.4 is 10.6 Å². The van der Waals surface area contributed by atoms with E-state index in [0.29, 0.717) is 12.0 Å². The molecule has 0 heterocycles. The van der Waals surface area contributed by atoms with Gasteiger partial charge in [-0.05, 0) is 57.4 Å². The third-order valence-electron chi connectivity index (χ3n) is 6.49. The number of carbonyl (C=O) groups excluding carboxylic acids is 4. The molecule has 0 spiro atoms. The summed E-state index contributed by atoms with van der Waals surface area (Å²) in [4.78, 5) is 54.4. The molecule has 2 rings (SSSR count). The van der Waals surface area contributed by atoms with Crippen molar-refractivity contribution in [1.82, 2.24) is 15.5 Å². The number of phenols is 1. The van der Waals surface area contributed by atoms with Crippen LogP contribution in [0, 0.1) is 0 Å². The molecule has 0 aromatic heterocycles. The van der Waals surface area contributed by atoms with Gasteiger partial charge in [-0.1, -0.05) is 68.7 Å². The molecule has 0 saturated heterocycles. The molecule has 2 aromatic carbocycles. The van der Waals surface area contributed by atoms with Crippen LogP contribution in [0.2, 0.25) is 0 Å². The van der Waals surface area contributed by atoms with E-state index in [1.54, 1.807) is 39.8 Å². The Kier molecular flexibility index (Phi) is 14.5. The van der Waals surface area contributed by atoms with Crippen LogP contribution in [-0.2, 0) is 30.3 Å². The molecule has 0 aliphatic rings. The third kappa shape index (κ3) is 12.8. The first-order chi connectivity index (χ1) is 20.4. The van der Waals surface area contributed by atoms with E-state index in [9.17, 15) is 24.3 Å². The van der Waals surface area contributed by atoms with Crippen molar-refractivity contribution in [3.63, 3.8) is 0 Å². The number of amides is 3. The zero-order valence-corrected chi connectivity index (χ0v) is 26.1. The number of nitrogens with zero attached hydrogens (tertiary/aromatic N) is 1. The molecule has 2 unspecified atom stereocenters. The van der Waals surface area contributed by atoms with E-state index < -0.39 is 41.6 Å². The van der Waals surface area contributed by atoms with E-state index in [1.807, 2.05) is 30.3 Å². The van der Waals surface area contributed by atoms with Crippen LogP contribution in [0.25, 0.3) is 0 Å². The fourth-order valence-corrected chi connectivity index (χ4v) is 4.56. The van der Waals surface area contributed by atoms with Crippen molar-refractivity contribution >= 4 is 23.9 Å². The summed E-state index contributed by atoms with van der Waals surface area (Å²) < 4.78 is 10.4. The van der Waals surface area contributed by atoms with E-state index in [1.165, 1.54) is 17.0 Å². The summed E-state index contributed by atoms with van der Waals surface area (Å²) in [6.07, 6.45) is 2.77. The minimum absolute atomic E-state index is 0.00838. The Balaban J connectivity index is 2.50. The van der Waals surface area contributed by atoms with Gasteiger partial charge >= 0.3 is 12.1 Å². The molecule has 2 aromatic rings. The molecule has 0 aliphatic heterocycles. The van der Waals surface area contributed by atoms with Gasteiger partial charge in [0.25, 0.3) is 0 Å². The number of phenolic OH excluding ortho intramolecular Hbond substituents is 1. The second-order valence-corrected chi connectivity index (χ2v) is 11.3. The van der Waals surface area contributed by atoms with Crippen molar-refractivity contribution in [2.45, 2.75) is 90.8 Å². The Hall–Kier alpha value is -4.08. The van der Waals surface area contributed by atoms with E-state index in [0.717, 1.165) is 24.8 Å². The Morgan fingerprint density at radius 1 is 0.953 bits per heavy atom. The molecule has 0 saturated carbocycles. The maximum Gasteiger partial charge on any atom is 0.408 e. The minimum Gasteiger partial charge on any atom is -0.508 e. The zero-order valence-electron chi connectivity index (χ0n) is 26.1. The lowest BCUT2D eigenvalue weighted by Crippen LogP contribution is -2.54. The first-order valence-corrected chi connectivity index (χ1v) is 15.0. The highest BCUT2D eigenvalue weighted by Crippen LogP contribution is 2.27. The predicted octanol–water partition coefficient (Wildman–Crippen LogP) is 5.05. The van der Waals surface area contributed by atoms with Gasteiger partial charge in [-0.25, -0.2) is 4.79 Å². The van der Waals surface area contributed by atoms with Gasteiger partial charge in [0.05, 0.1) is 13.0 Å². The van der Waals surface area contributed by atoms with Crippen LogP contribution in [0.5, 0.6) is 5.75 Å². The number of carbonyl (C=O) groups is 4. The van der Waals surface area contributed by atoms with Crippen LogP contribution in [0.15, 0.2) is 54.6 Å². The average Bonchev–Trinajstić information content (AvgIpc) is 2.93. The van der Waals surface area contributed by atoms with Gasteiger partial charge in [-0.2, -0.15) is 0 Å². The number of alkyl carbamates (subject to hydrolysis) is 1. The smallest absolute Gasteiger partial charge is 0.408 e. The number of aromatic hydroxyl groups is 1. The first kappa shape index (κ1) is 35.1. The highest BCUT2D eigenvalue weighted by molar-refractivity contribution is 5.92. The lowest BCUT2D eigenvalue weighted by Gasteiger charge is -2.34. The maximum atomic E-state index is 14.4. The summed E-state index contributed by atoms with van der Waals surface area (Å²) in [5, 5.41) is 15.8. The van der Waals surface area contributed by atoms with E-state index in [-0.39, 0.29) is 38.3 Å². The lowest BCUT2D eigenvalue weighted by molar-refractivity contribution is -0.144. The molecule has 0 bridgehead atoms. The fourth-order valence-electron chi connectivity index (χ4n) is 4.56. The Bertz CT molecular complexity index is 1180. The number of benzene rings is 2. The Morgan fingerprint density at radius 3 is 2.30 bits per heavy atom. The molecule has 0 radical (unpaired) electrons. The molecule has 10 nitrogen and oxygen atoms in total. The summed E-state index contributed by atoms with van der Waals surface area (Å²) in [5.74, 6) is -1.50. The van der Waals surface area contributed by atoms with Crippen molar-refractivity contribution in [1.29, 1.82) is 0 Å². The van der Waals surface area contributed by atoms with Gasteiger partial charge in [0, 0.05) is 19.5 Å². The number of rotatable bonds is 16. The van der Waals surface area contributed by atoms with E-state index in [2.05, 4.69) is 17.6 Å². The summed E-state index contributed by atoms with van der Waals surface area (Å²) in [6, 6.07) is 13.3. The highest BCUT2D eigenvalue weighted by atomic mass is 16.6. The van der Waals surface area contributed by atoms with Gasteiger partial charge < -0.3 is 30.1 Å². The van der Waals surface area contributed by atoms with Gasteiger partial charge in [0.15, 0.2) is 0 Å². The number of esters is 1. The van der Waals surface area contributed by atoms with Crippen molar-refractivity contribution in [3.05, 3.63) is 65.7 Å². The van der Waals surface area contributed by atoms with Crippen molar-refractivity contribution < 1.29 is 33.8 Å². The Labute approximate surface area is 255 Å². The number of nitrogens with one attached hydrogen (secondary N) is 2.